The fraction of sp³-hybridized carbons (Fsp3) is 0.250. The molecule has 0 unspecified atom stereocenters. The van der Waals surface area contributed by atoms with Crippen LogP contribution in [0.25, 0.3) is 5.82 Å². The van der Waals surface area contributed by atoms with Crippen molar-refractivity contribution in [2.24, 2.45) is 0 Å². The first-order valence-corrected chi connectivity index (χ1v) is 9.28. The highest BCUT2D eigenvalue weighted by molar-refractivity contribution is 6.32. The van der Waals surface area contributed by atoms with Crippen molar-refractivity contribution in [2.75, 3.05) is 24.3 Å². The van der Waals surface area contributed by atoms with E-state index in [1.54, 1.807) is 0 Å². The van der Waals surface area contributed by atoms with E-state index in [1.807, 2.05) is 44.1 Å². The van der Waals surface area contributed by atoms with Gasteiger partial charge in [0.15, 0.2) is 5.82 Å². The second-order valence-electron chi connectivity index (χ2n) is 6.85. The van der Waals surface area contributed by atoms with Crippen LogP contribution in [0.1, 0.15) is 16.7 Å². The summed E-state index contributed by atoms with van der Waals surface area (Å²) < 4.78 is 38.9. The molecule has 158 valence electrons. The van der Waals surface area contributed by atoms with Crippen LogP contribution in [0, 0.1) is 6.92 Å². The van der Waals surface area contributed by atoms with Gasteiger partial charge in [-0.25, -0.2) is 4.98 Å². The van der Waals surface area contributed by atoms with Crippen molar-refractivity contribution in [2.45, 2.75) is 19.6 Å². The van der Waals surface area contributed by atoms with Crippen LogP contribution in [0.15, 0.2) is 47.5 Å². The molecule has 2 aromatic heterocycles. The number of aryl methyl sites for hydroxylation is 1. The van der Waals surface area contributed by atoms with E-state index in [-0.39, 0.29) is 10.8 Å². The number of benzene rings is 1. The lowest BCUT2D eigenvalue weighted by Gasteiger charge is -2.16. The topological polar surface area (TPSA) is 63.1 Å². The third kappa shape index (κ3) is 4.56. The van der Waals surface area contributed by atoms with E-state index in [4.69, 9.17) is 11.6 Å². The Bertz CT molecular complexity index is 1110. The summed E-state index contributed by atoms with van der Waals surface area (Å²) in [5, 5.41) is 6.93. The summed E-state index contributed by atoms with van der Waals surface area (Å²) in [7, 11) is 3.91. The predicted molar refractivity (Wildman–Crippen MR) is 110 cm³/mol. The van der Waals surface area contributed by atoms with Crippen molar-refractivity contribution in [3.63, 3.8) is 0 Å². The van der Waals surface area contributed by atoms with Crippen LogP contribution >= 0.6 is 11.6 Å². The number of alkyl halides is 3. The molecule has 0 aliphatic carbocycles. The van der Waals surface area contributed by atoms with E-state index in [1.165, 1.54) is 6.20 Å². The van der Waals surface area contributed by atoms with Gasteiger partial charge in [0.2, 0.25) is 0 Å². The van der Waals surface area contributed by atoms with Gasteiger partial charge >= 0.3 is 6.18 Å². The van der Waals surface area contributed by atoms with Gasteiger partial charge in [-0.3, -0.25) is 4.79 Å². The van der Waals surface area contributed by atoms with Gasteiger partial charge in [-0.05, 0) is 42.3 Å². The average Bonchev–Trinajstić information content (AvgIpc) is 2.69. The normalized spacial score (nSPS) is 11.4. The van der Waals surface area contributed by atoms with E-state index < -0.39 is 17.3 Å². The standard InChI is InChI=1S/C20H19ClF3N5O/c1-12-8-15(28(2)3)6-4-13(12)9-25-16-11-27-29(19(30)18(16)21)17-7-5-14(10-26-17)20(22,23)24/h4-8,10-11,25H,9H2,1-3H3. The molecule has 10 heteroatoms. The van der Waals surface area contributed by atoms with Crippen LogP contribution in [0.3, 0.4) is 0 Å². The summed E-state index contributed by atoms with van der Waals surface area (Å²) in [5.41, 5.74) is 1.88. The van der Waals surface area contributed by atoms with Gasteiger partial charge in [-0.15, -0.1) is 0 Å². The van der Waals surface area contributed by atoms with E-state index in [2.05, 4.69) is 15.4 Å². The molecular formula is C20H19ClF3N5O. The monoisotopic (exact) mass is 437 g/mol. The first kappa shape index (κ1) is 21.6. The molecule has 0 fully saturated rings. The zero-order valence-corrected chi connectivity index (χ0v) is 17.2. The van der Waals surface area contributed by atoms with Crippen LogP contribution in [-0.4, -0.2) is 28.9 Å². The van der Waals surface area contributed by atoms with E-state index in [9.17, 15) is 18.0 Å². The molecule has 0 spiro atoms. The number of nitrogens with zero attached hydrogens (tertiary/aromatic N) is 4. The quantitative estimate of drug-likeness (QED) is 0.645. The molecule has 3 rings (SSSR count). The van der Waals surface area contributed by atoms with Crippen LogP contribution in [0.5, 0.6) is 0 Å². The van der Waals surface area contributed by atoms with Crippen molar-refractivity contribution < 1.29 is 13.2 Å². The molecular weight excluding hydrogens is 419 g/mol. The highest BCUT2D eigenvalue weighted by atomic mass is 35.5. The molecule has 0 atom stereocenters. The van der Waals surface area contributed by atoms with Crippen molar-refractivity contribution in [3.8, 4) is 5.82 Å². The SMILES string of the molecule is Cc1cc(N(C)C)ccc1CNc1cnn(-c2ccc(C(F)(F)F)cn2)c(=O)c1Cl. The number of rotatable bonds is 5. The smallest absolute Gasteiger partial charge is 0.378 e. The molecule has 1 aromatic carbocycles. The zero-order chi connectivity index (χ0) is 22.1. The fourth-order valence-corrected chi connectivity index (χ4v) is 2.94. The number of hydrogen-bond donors (Lipinski definition) is 1. The lowest BCUT2D eigenvalue weighted by molar-refractivity contribution is -0.137. The zero-order valence-electron chi connectivity index (χ0n) is 16.5. The maximum atomic E-state index is 12.7. The van der Waals surface area contributed by atoms with E-state index in [0.717, 1.165) is 33.6 Å². The highest BCUT2D eigenvalue weighted by Gasteiger charge is 2.30. The molecule has 30 heavy (non-hydrogen) atoms. The first-order chi connectivity index (χ1) is 14.1. The minimum atomic E-state index is -4.52. The lowest BCUT2D eigenvalue weighted by atomic mass is 10.1. The molecule has 0 radical (unpaired) electrons. The molecule has 0 bridgehead atoms. The molecule has 0 saturated carbocycles. The third-order valence-electron chi connectivity index (χ3n) is 4.52. The largest absolute Gasteiger partial charge is 0.417 e. The molecule has 3 aromatic rings. The van der Waals surface area contributed by atoms with Crippen LogP contribution in [0.2, 0.25) is 5.02 Å². The van der Waals surface area contributed by atoms with E-state index >= 15 is 0 Å². The number of hydrogen-bond acceptors (Lipinski definition) is 5. The molecule has 0 aliphatic rings. The average molecular weight is 438 g/mol. The Morgan fingerprint density at radius 3 is 2.47 bits per heavy atom. The van der Waals surface area contributed by atoms with E-state index in [0.29, 0.717) is 18.4 Å². The Labute approximate surface area is 175 Å². The second kappa shape index (κ2) is 8.35. The summed E-state index contributed by atoms with van der Waals surface area (Å²) in [6.45, 7) is 2.40. The molecule has 1 N–H and O–H groups in total. The molecule has 0 aliphatic heterocycles. The van der Waals surface area contributed by atoms with Gasteiger partial charge in [-0.1, -0.05) is 17.7 Å². The molecule has 2 heterocycles. The van der Waals surface area contributed by atoms with Crippen LogP contribution in [0.4, 0.5) is 24.5 Å². The number of anilines is 2. The minimum Gasteiger partial charge on any atom is -0.378 e. The number of halogens is 4. The van der Waals surface area contributed by atoms with Gasteiger partial charge in [-0.2, -0.15) is 23.0 Å². The van der Waals surface area contributed by atoms with Crippen molar-refractivity contribution in [1.29, 1.82) is 0 Å². The number of aromatic nitrogens is 3. The summed E-state index contributed by atoms with van der Waals surface area (Å²) in [5.74, 6) is -0.0587. The molecule has 0 saturated heterocycles. The molecule has 6 nitrogen and oxygen atoms in total. The van der Waals surface area contributed by atoms with Gasteiger partial charge in [0.1, 0.15) is 5.02 Å². The lowest BCUT2D eigenvalue weighted by Crippen LogP contribution is -2.23. The van der Waals surface area contributed by atoms with Gasteiger partial charge in [0.25, 0.3) is 5.56 Å². The Hall–Kier alpha value is -3.07. The van der Waals surface area contributed by atoms with Crippen molar-refractivity contribution in [3.05, 3.63) is 74.8 Å². The van der Waals surface area contributed by atoms with Crippen LogP contribution < -0.4 is 15.8 Å². The summed E-state index contributed by atoms with van der Waals surface area (Å²) in [6, 6.07) is 7.91. The molecule has 0 amide bonds. The highest BCUT2D eigenvalue weighted by Crippen LogP contribution is 2.28. The number of pyridine rings is 1. The Morgan fingerprint density at radius 1 is 1.17 bits per heavy atom. The maximum Gasteiger partial charge on any atom is 0.417 e. The Kier molecular flexibility index (Phi) is 6.02. The van der Waals surface area contributed by atoms with Gasteiger partial charge in [0, 0.05) is 32.5 Å². The maximum absolute atomic E-state index is 12.7. The minimum absolute atomic E-state index is 0.0587. The van der Waals surface area contributed by atoms with Gasteiger partial charge in [0.05, 0.1) is 17.4 Å². The summed E-state index contributed by atoms with van der Waals surface area (Å²) >= 11 is 6.17. The Morgan fingerprint density at radius 2 is 1.90 bits per heavy atom. The third-order valence-corrected chi connectivity index (χ3v) is 4.89. The van der Waals surface area contributed by atoms with Crippen molar-refractivity contribution >= 4 is 23.0 Å². The predicted octanol–water partition coefficient (Wildman–Crippen LogP) is 4.29. The van der Waals surface area contributed by atoms with Crippen molar-refractivity contribution in [1.82, 2.24) is 14.8 Å². The number of nitrogens with one attached hydrogen (secondary N) is 1. The Balaban J connectivity index is 1.81. The summed E-state index contributed by atoms with van der Waals surface area (Å²) in [4.78, 5) is 18.2. The van der Waals surface area contributed by atoms with Crippen LogP contribution in [-0.2, 0) is 12.7 Å². The summed E-state index contributed by atoms with van der Waals surface area (Å²) in [6.07, 6.45) is -2.53. The van der Waals surface area contributed by atoms with Gasteiger partial charge < -0.3 is 10.2 Å². The fourth-order valence-electron chi connectivity index (χ4n) is 2.75. The second-order valence-corrected chi connectivity index (χ2v) is 7.23. The first-order valence-electron chi connectivity index (χ1n) is 8.90.